The Hall–Kier alpha value is -1.10. The number of hydrogen-bond donors (Lipinski definition) is 2. The fraction of sp³-hybridized carbons (Fsp3) is 0.714. The number of ether oxygens (including phenoxy) is 1. The molecule has 6 rings (SSSR count). The highest BCUT2D eigenvalue weighted by Crippen LogP contribution is 2.64. The fourth-order valence-corrected chi connectivity index (χ4v) is 6.60. The summed E-state index contributed by atoms with van der Waals surface area (Å²) in [6.45, 7) is 4.23. The Balaban J connectivity index is 1.57. The molecule has 25 heavy (non-hydrogen) atoms. The molecule has 4 nitrogen and oxygen atoms in total. The lowest BCUT2D eigenvalue weighted by Gasteiger charge is -2.63. The van der Waals surface area contributed by atoms with Gasteiger partial charge in [0.05, 0.1) is 17.1 Å². The van der Waals surface area contributed by atoms with Crippen molar-refractivity contribution in [3.8, 4) is 5.75 Å². The number of aryl methyl sites for hydroxylation is 1. The summed E-state index contributed by atoms with van der Waals surface area (Å²) in [5.74, 6) is 1.79. The van der Waals surface area contributed by atoms with Crippen LogP contribution in [0.2, 0.25) is 0 Å². The van der Waals surface area contributed by atoms with Gasteiger partial charge in [0.2, 0.25) is 0 Å². The van der Waals surface area contributed by atoms with Crippen LogP contribution in [0.4, 0.5) is 0 Å². The number of hydrogen-bond acceptors (Lipinski definition) is 4. The van der Waals surface area contributed by atoms with Gasteiger partial charge >= 0.3 is 0 Å². The van der Waals surface area contributed by atoms with E-state index in [9.17, 15) is 10.2 Å². The van der Waals surface area contributed by atoms with Crippen molar-refractivity contribution in [2.45, 2.75) is 74.7 Å². The van der Waals surface area contributed by atoms with Gasteiger partial charge in [-0.25, -0.2) is 0 Å². The lowest BCUT2D eigenvalue weighted by molar-refractivity contribution is -0.208. The number of benzene rings is 1. The molecule has 0 radical (unpaired) electrons. The molecular weight excluding hydrogens is 314 g/mol. The minimum Gasteiger partial charge on any atom is -0.486 e. The van der Waals surface area contributed by atoms with E-state index in [0.717, 1.165) is 43.2 Å². The number of likely N-dealkylation sites (tertiary alicyclic amines) is 1. The van der Waals surface area contributed by atoms with E-state index < -0.39 is 17.1 Å². The third-order valence-electron chi connectivity index (χ3n) is 7.95. The molecule has 1 aromatic rings. The summed E-state index contributed by atoms with van der Waals surface area (Å²) >= 11 is 0. The molecular formula is C21H27NO3. The maximum atomic E-state index is 12.1. The molecule has 2 bridgehead atoms. The predicted molar refractivity (Wildman–Crippen MR) is 93.9 cm³/mol. The first-order valence-electron chi connectivity index (χ1n) is 9.99. The summed E-state index contributed by atoms with van der Waals surface area (Å²) < 4.78 is 6.39. The van der Waals surface area contributed by atoms with E-state index in [-0.39, 0.29) is 12.1 Å². The average Bonchev–Trinajstić information content (AvgIpc) is 3.32. The molecule has 0 aromatic heterocycles. The summed E-state index contributed by atoms with van der Waals surface area (Å²) in [6.07, 6.45) is 5.07. The first-order valence-corrected chi connectivity index (χ1v) is 9.99. The minimum absolute atomic E-state index is 0.168. The fourth-order valence-electron chi connectivity index (χ4n) is 6.60. The van der Waals surface area contributed by atoms with Crippen molar-refractivity contribution in [2.75, 3.05) is 13.1 Å². The van der Waals surface area contributed by atoms with Gasteiger partial charge in [0, 0.05) is 18.2 Å². The Bertz CT molecular complexity index is 760. The second-order valence-corrected chi connectivity index (χ2v) is 9.19. The smallest absolute Gasteiger partial charge is 0.137 e. The summed E-state index contributed by atoms with van der Waals surface area (Å²) in [5.41, 5.74) is 2.53. The zero-order valence-electron chi connectivity index (χ0n) is 14.9. The van der Waals surface area contributed by atoms with E-state index in [1.54, 1.807) is 0 Å². The number of rotatable bonds is 2. The lowest BCUT2D eigenvalue weighted by atomic mass is 9.48. The van der Waals surface area contributed by atoms with Gasteiger partial charge in [0.1, 0.15) is 11.9 Å². The molecule has 2 unspecified atom stereocenters. The van der Waals surface area contributed by atoms with Gasteiger partial charge in [0.15, 0.2) is 0 Å². The highest BCUT2D eigenvalue weighted by Gasteiger charge is 2.72. The molecule has 1 saturated heterocycles. The topological polar surface area (TPSA) is 52.9 Å². The van der Waals surface area contributed by atoms with Crippen molar-refractivity contribution < 1.29 is 14.9 Å². The van der Waals surface area contributed by atoms with E-state index in [0.29, 0.717) is 12.8 Å². The van der Waals surface area contributed by atoms with Crippen molar-refractivity contribution in [3.63, 3.8) is 0 Å². The van der Waals surface area contributed by atoms with Crippen molar-refractivity contribution in [3.05, 3.63) is 28.8 Å². The summed E-state index contributed by atoms with van der Waals surface area (Å²) in [5, 5.41) is 22.9. The Morgan fingerprint density at radius 1 is 1.24 bits per heavy atom. The zero-order valence-corrected chi connectivity index (χ0v) is 14.9. The van der Waals surface area contributed by atoms with Crippen LogP contribution in [0.3, 0.4) is 0 Å². The number of nitrogens with zero attached hydrogens (tertiary/aromatic N) is 1. The molecule has 0 amide bonds. The van der Waals surface area contributed by atoms with Crippen molar-refractivity contribution in [1.29, 1.82) is 0 Å². The van der Waals surface area contributed by atoms with E-state index >= 15 is 0 Å². The third-order valence-corrected chi connectivity index (χ3v) is 7.95. The molecule has 1 spiro atoms. The molecule has 134 valence electrons. The normalized spacial score (nSPS) is 44.4. The number of piperidine rings is 1. The van der Waals surface area contributed by atoms with Gasteiger partial charge in [0.25, 0.3) is 0 Å². The van der Waals surface area contributed by atoms with Crippen molar-refractivity contribution in [2.24, 2.45) is 5.92 Å². The standard InChI is InChI=1S/C21H27NO3/c1-12-2-5-14-10-16-21(24)7-6-15(23)19-20(21,17(14)18(12)25-19)8-9-22(16)11-13-3-4-13/h2,5,13,15-16,19,23-24H,3-4,6-11H2,1H3/t15?,16-,19+,20?,21-/m0/s1. The maximum absolute atomic E-state index is 12.1. The van der Waals surface area contributed by atoms with Crippen LogP contribution in [0.25, 0.3) is 0 Å². The van der Waals surface area contributed by atoms with Crippen LogP contribution in [0.15, 0.2) is 12.1 Å². The van der Waals surface area contributed by atoms with E-state index in [1.165, 1.54) is 24.0 Å². The molecule has 2 N–H and O–H groups in total. The molecule has 4 heteroatoms. The molecule has 2 aliphatic heterocycles. The Morgan fingerprint density at radius 2 is 2.08 bits per heavy atom. The Labute approximate surface area is 148 Å². The van der Waals surface area contributed by atoms with Crippen LogP contribution in [-0.2, 0) is 11.8 Å². The molecule has 3 aliphatic carbocycles. The highest BCUT2D eigenvalue weighted by atomic mass is 16.5. The van der Waals surface area contributed by atoms with Gasteiger partial charge in [-0.05, 0) is 69.0 Å². The van der Waals surface area contributed by atoms with Crippen molar-refractivity contribution in [1.82, 2.24) is 4.90 Å². The first kappa shape index (κ1) is 15.0. The van der Waals surface area contributed by atoms with Crippen LogP contribution in [0, 0.1) is 12.8 Å². The Morgan fingerprint density at radius 3 is 2.88 bits per heavy atom. The van der Waals surface area contributed by atoms with E-state index in [4.69, 9.17) is 4.74 Å². The van der Waals surface area contributed by atoms with Gasteiger partial charge < -0.3 is 14.9 Å². The maximum Gasteiger partial charge on any atom is 0.137 e. The van der Waals surface area contributed by atoms with Gasteiger partial charge in [-0.2, -0.15) is 0 Å². The molecule has 5 atom stereocenters. The highest BCUT2D eigenvalue weighted by molar-refractivity contribution is 5.60. The van der Waals surface area contributed by atoms with Crippen molar-refractivity contribution >= 4 is 0 Å². The third kappa shape index (κ3) is 1.65. The van der Waals surface area contributed by atoms with Gasteiger partial charge in [-0.15, -0.1) is 0 Å². The van der Waals surface area contributed by atoms with Crippen LogP contribution in [0.1, 0.15) is 48.8 Å². The second kappa shape index (κ2) is 4.59. The summed E-state index contributed by atoms with van der Waals surface area (Å²) in [7, 11) is 0. The SMILES string of the molecule is Cc1ccc2c3c1O[C@@H]1C(O)CC[C@]4(O)[C@H](C2)N(CC2CC2)CCC314. The average molecular weight is 341 g/mol. The monoisotopic (exact) mass is 341 g/mol. The minimum atomic E-state index is -0.768. The van der Waals surface area contributed by atoms with Crippen LogP contribution < -0.4 is 4.74 Å². The molecule has 2 saturated carbocycles. The lowest BCUT2D eigenvalue weighted by Crippen LogP contribution is -2.77. The largest absolute Gasteiger partial charge is 0.486 e. The molecule has 3 fully saturated rings. The van der Waals surface area contributed by atoms with Crippen LogP contribution >= 0.6 is 0 Å². The van der Waals surface area contributed by atoms with Crippen LogP contribution in [-0.4, -0.2) is 52.1 Å². The van der Waals surface area contributed by atoms with Gasteiger partial charge in [-0.1, -0.05) is 12.1 Å². The number of aliphatic hydroxyl groups is 2. The number of aliphatic hydroxyl groups excluding tert-OH is 1. The summed E-state index contributed by atoms with van der Waals surface area (Å²) in [6, 6.07) is 4.57. The predicted octanol–water partition coefficient (Wildman–Crippen LogP) is 1.92. The first-order chi connectivity index (χ1) is 12.0. The molecule has 2 heterocycles. The molecule has 5 aliphatic rings. The van der Waals surface area contributed by atoms with Crippen LogP contribution in [0.5, 0.6) is 5.75 Å². The van der Waals surface area contributed by atoms with E-state index in [1.807, 2.05) is 0 Å². The Kier molecular flexibility index (Phi) is 2.76. The second-order valence-electron chi connectivity index (χ2n) is 9.19. The summed E-state index contributed by atoms with van der Waals surface area (Å²) in [4.78, 5) is 2.57. The zero-order chi connectivity index (χ0) is 17.0. The van der Waals surface area contributed by atoms with E-state index in [2.05, 4.69) is 24.0 Å². The van der Waals surface area contributed by atoms with Gasteiger partial charge in [-0.3, -0.25) is 4.90 Å². The quantitative estimate of drug-likeness (QED) is 0.863. The molecule has 1 aromatic carbocycles.